The van der Waals surface area contributed by atoms with Crippen LogP contribution in [0.25, 0.3) is 0 Å². The number of hydrogen-bond acceptors (Lipinski definition) is 15. The number of aliphatic hydroxyl groups excluding tert-OH is 1. The van der Waals surface area contributed by atoms with Crippen molar-refractivity contribution >= 4 is 39.5 Å². The van der Waals surface area contributed by atoms with Crippen molar-refractivity contribution in [1.82, 2.24) is 0 Å². The molecule has 0 aromatic rings. The maximum atomic E-state index is 13.0. The Bertz CT molecular complexity index is 1980. The molecule has 0 heterocycles. The fraction of sp³-hybridized carbons (Fsp3) is 0.840. The standard InChI is InChI=1S/C75H138O17P2/c1-5-9-13-17-21-25-29-32-34-37-40-43-47-51-55-59-72(77)85-65-70(91-74(79)61-57-53-49-45-39-28-24-20-16-12-8-4)67-89-93(81,82)87-63-69(76)64-88-94(83,84)90-68-71(92-75(80)62-58-54-50-46-42-36-31-27-23-19-15-11-7-3)66-86-73(78)60-56-52-48-44-41-38-35-33-30-26-22-18-14-10-6-2/h10,14,22,26,32-35,69-71,76H,5-9,11-13,15-21,23-25,27-31,36-68H2,1-4H3,(H,81,82)(H,83,84)/b14-10-,26-22-,34-32-,35-33-. The quantitative estimate of drug-likeness (QED) is 0.0169. The van der Waals surface area contributed by atoms with Crippen molar-refractivity contribution in [1.29, 1.82) is 0 Å². The summed E-state index contributed by atoms with van der Waals surface area (Å²) in [7, 11) is -9.93. The second-order valence-corrected chi connectivity index (χ2v) is 28.5. The van der Waals surface area contributed by atoms with E-state index in [-0.39, 0.29) is 25.7 Å². The van der Waals surface area contributed by atoms with Gasteiger partial charge in [-0.25, -0.2) is 9.13 Å². The number of phosphoric ester groups is 2. The van der Waals surface area contributed by atoms with Crippen LogP contribution < -0.4 is 0 Å². The largest absolute Gasteiger partial charge is 0.472 e. The Morgan fingerprint density at radius 1 is 0.309 bits per heavy atom. The molecule has 5 unspecified atom stereocenters. The average molecular weight is 1370 g/mol. The molecule has 3 N–H and O–H groups in total. The molecule has 0 fully saturated rings. The Morgan fingerprint density at radius 2 is 0.553 bits per heavy atom. The Balaban J connectivity index is 5.29. The molecule has 17 nitrogen and oxygen atoms in total. The maximum absolute atomic E-state index is 13.0. The first-order valence-corrected chi connectivity index (χ1v) is 40.9. The third-order valence-corrected chi connectivity index (χ3v) is 18.2. The minimum Gasteiger partial charge on any atom is -0.462 e. The minimum atomic E-state index is -4.96. The van der Waals surface area contributed by atoms with Crippen LogP contribution in [0, 0.1) is 0 Å². The molecule has 19 heteroatoms. The second-order valence-electron chi connectivity index (χ2n) is 25.6. The molecule has 0 spiro atoms. The van der Waals surface area contributed by atoms with E-state index in [2.05, 4.69) is 76.3 Å². The van der Waals surface area contributed by atoms with Gasteiger partial charge < -0.3 is 33.8 Å². The van der Waals surface area contributed by atoms with Crippen molar-refractivity contribution in [2.75, 3.05) is 39.6 Å². The van der Waals surface area contributed by atoms with E-state index in [1.54, 1.807) is 0 Å². The van der Waals surface area contributed by atoms with Crippen LogP contribution in [0.5, 0.6) is 0 Å². The smallest absolute Gasteiger partial charge is 0.462 e. The lowest BCUT2D eigenvalue weighted by atomic mass is 10.0. The summed E-state index contributed by atoms with van der Waals surface area (Å²) in [5, 5.41) is 10.6. The van der Waals surface area contributed by atoms with E-state index < -0.39 is 97.5 Å². The van der Waals surface area contributed by atoms with Crippen molar-refractivity contribution in [2.45, 2.75) is 367 Å². The Morgan fingerprint density at radius 3 is 0.862 bits per heavy atom. The second kappa shape index (κ2) is 68.5. The first kappa shape index (κ1) is 91.0. The van der Waals surface area contributed by atoms with Crippen LogP contribution in [0.2, 0.25) is 0 Å². The molecular weight excluding hydrogens is 1230 g/mol. The molecule has 0 aliphatic heterocycles. The Kier molecular flexibility index (Phi) is 66.4. The highest BCUT2D eigenvalue weighted by Gasteiger charge is 2.30. The molecule has 0 saturated heterocycles. The van der Waals surface area contributed by atoms with Crippen LogP contribution in [-0.2, 0) is 65.4 Å². The number of hydrogen-bond donors (Lipinski definition) is 3. The lowest BCUT2D eigenvalue weighted by molar-refractivity contribution is -0.161. The summed E-state index contributed by atoms with van der Waals surface area (Å²) >= 11 is 0. The van der Waals surface area contributed by atoms with E-state index in [1.807, 2.05) is 0 Å². The van der Waals surface area contributed by atoms with Gasteiger partial charge in [0.2, 0.25) is 0 Å². The van der Waals surface area contributed by atoms with Crippen molar-refractivity contribution in [2.24, 2.45) is 0 Å². The number of carbonyl (C=O) groups is 4. The molecule has 550 valence electrons. The van der Waals surface area contributed by atoms with E-state index in [1.165, 1.54) is 128 Å². The minimum absolute atomic E-state index is 0.0981. The molecule has 0 aliphatic carbocycles. The first-order valence-electron chi connectivity index (χ1n) is 37.9. The fourth-order valence-corrected chi connectivity index (χ4v) is 12.1. The van der Waals surface area contributed by atoms with Gasteiger partial charge in [-0.05, 0) is 83.5 Å². The highest BCUT2D eigenvalue weighted by Crippen LogP contribution is 2.45. The van der Waals surface area contributed by atoms with Gasteiger partial charge in [-0.2, -0.15) is 0 Å². The van der Waals surface area contributed by atoms with E-state index in [0.717, 1.165) is 141 Å². The van der Waals surface area contributed by atoms with Crippen LogP contribution in [0.4, 0.5) is 0 Å². The van der Waals surface area contributed by atoms with E-state index >= 15 is 0 Å². The van der Waals surface area contributed by atoms with E-state index in [9.17, 15) is 43.2 Å². The number of aliphatic hydroxyl groups is 1. The van der Waals surface area contributed by atoms with Gasteiger partial charge in [-0.1, -0.05) is 288 Å². The molecule has 0 rings (SSSR count). The van der Waals surface area contributed by atoms with Crippen molar-refractivity contribution in [3.05, 3.63) is 48.6 Å². The third kappa shape index (κ3) is 67.6. The average Bonchev–Trinajstić information content (AvgIpc) is 1.55. The molecule has 0 aromatic heterocycles. The summed E-state index contributed by atoms with van der Waals surface area (Å²) < 4.78 is 68.4. The van der Waals surface area contributed by atoms with Crippen LogP contribution in [0.1, 0.15) is 349 Å². The van der Waals surface area contributed by atoms with Gasteiger partial charge in [0.1, 0.15) is 19.3 Å². The van der Waals surface area contributed by atoms with Crippen LogP contribution in [0.15, 0.2) is 48.6 Å². The topological polar surface area (TPSA) is 237 Å². The van der Waals surface area contributed by atoms with Gasteiger partial charge in [-0.15, -0.1) is 0 Å². The van der Waals surface area contributed by atoms with Crippen molar-refractivity contribution in [3.8, 4) is 0 Å². The van der Waals surface area contributed by atoms with Crippen LogP contribution in [0.3, 0.4) is 0 Å². The van der Waals surface area contributed by atoms with Gasteiger partial charge in [0.15, 0.2) is 12.2 Å². The number of carbonyl (C=O) groups excluding carboxylic acids is 4. The third-order valence-electron chi connectivity index (χ3n) is 16.3. The number of rotatable bonds is 72. The van der Waals surface area contributed by atoms with Gasteiger partial charge in [0.25, 0.3) is 0 Å². The normalized spacial score (nSPS) is 14.2. The lowest BCUT2D eigenvalue weighted by Gasteiger charge is -2.21. The zero-order valence-corrected chi connectivity index (χ0v) is 61.7. The monoisotopic (exact) mass is 1370 g/mol. The van der Waals surface area contributed by atoms with Crippen molar-refractivity contribution in [3.63, 3.8) is 0 Å². The molecule has 5 atom stereocenters. The SMILES string of the molecule is CC/C=C\C/C=C\C/C=C\CCCCCCCC(=O)OCC(COP(=O)(O)OCC(O)COP(=O)(O)OCC(COC(=O)CCCCCCC/C=C\CCCCCCCC)OC(=O)CCCCCCCCCCCCC)OC(=O)CCCCCCCCCCCCCCC. The molecule has 0 radical (unpaired) electrons. The number of allylic oxidation sites excluding steroid dienone is 8. The summed E-state index contributed by atoms with van der Waals surface area (Å²) in [6.45, 7) is 4.78. The summed E-state index contributed by atoms with van der Waals surface area (Å²) in [5.41, 5.74) is 0. The molecule has 0 aliphatic rings. The van der Waals surface area contributed by atoms with Gasteiger partial charge in [0, 0.05) is 25.7 Å². The maximum Gasteiger partial charge on any atom is 0.472 e. The van der Waals surface area contributed by atoms with Crippen LogP contribution in [-0.4, -0.2) is 96.7 Å². The van der Waals surface area contributed by atoms with E-state index in [0.29, 0.717) is 25.7 Å². The lowest BCUT2D eigenvalue weighted by Crippen LogP contribution is -2.30. The zero-order valence-electron chi connectivity index (χ0n) is 59.9. The summed E-state index contributed by atoms with van der Waals surface area (Å²) in [6, 6.07) is 0. The Hall–Kier alpha value is -2.98. The van der Waals surface area contributed by atoms with Gasteiger partial charge in [0.05, 0.1) is 26.4 Å². The molecule has 0 aromatic carbocycles. The predicted octanol–water partition coefficient (Wildman–Crippen LogP) is 21.3. The molecule has 0 amide bonds. The molecule has 94 heavy (non-hydrogen) atoms. The van der Waals surface area contributed by atoms with Gasteiger partial charge in [-0.3, -0.25) is 37.3 Å². The Labute approximate surface area is 572 Å². The molecular formula is C75H138O17P2. The van der Waals surface area contributed by atoms with Gasteiger partial charge >= 0.3 is 39.5 Å². The van der Waals surface area contributed by atoms with Crippen molar-refractivity contribution < 1.29 is 80.2 Å². The highest BCUT2D eigenvalue weighted by molar-refractivity contribution is 7.47. The summed E-state index contributed by atoms with van der Waals surface area (Å²) in [5.74, 6) is -2.17. The molecule has 0 bridgehead atoms. The summed E-state index contributed by atoms with van der Waals surface area (Å²) in [4.78, 5) is 72.7. The summed E-state index contributed by atoms with van der Waals surface area (Å²) in [6.07, 6.45) is 63.9. The highest BCUT2D eigenvalue weighted by atomic mass is 31.2. The number of ether oxygens (including phenoxy) is 4. The molecule has 0 saturated carbocycles. The van der Waals surface area contributed by atoms with E-state index in [4.69, 9.17) is 37.0 Å². The number of phosphoric acid groups is 2. The predicted molar refractivity (Wildman–Crippen MR) is 381 cm³/mol. The zero-order chi connectivity index (χ0) is 69.0. The number of unbranched alkanes of at least 4 members (excludes halogenated alkanes) is 38. The first-order chi connectivity index (χ1) is 45.7. The van der Waals surface area contributed by atoms with Crippen LogP contribution >= 0.6 is 15.6 Å². The fourth-order valence-electron chi connectivity index (χ4n) is 10.5. The number of esters is 4.